The molecule has 0 saturated carbocycles. The molecule has 212 valence electrons. The quantitative estimate of drug-likeness (QED) is 0.0789. The van der Waals surface area contributed by atoms with Crippen molar-refractivity contribution in [3.63, 3.8) is 0 Å². The normalized spacial score (nSPS) is 12.9. The molecular weight excluding hydrogens is 456 g/mol. The second-order valence-electron chi connectivity index (χ2n) is 10.9. The van der Waals surface area contributed by atoms with Gasteiger partial charge in [-0.15, -0.1) is 0 Å². The molecule has 0 aromatic carbocycles. The summed E-state index contributed by atoms with van der Waals surface area (Å²) >= 11 is 0. The first kappa shape index (κ1) is 34.9. The summed E-state index contributed by atoms with van der Waals surface area (Å²) in [4.78, 5) is 0. The van der Waals surface area contributed by atoms with Crippen molar-refractivity contribution in [2.75, 3.05) is 0 Å². The molecule has 0 bridgehead atoms. The summed E-state index contributed by atoms with van der Waals surface area (Å²) in [5, 5.41) is 0. The molecule has 5 heteroatoms. The van der Waals surface area contributed by atoms with Gasteiger partial charge in [0.2, 0.25) is 0 Å². The SMILES string of the molecule is CCCCCCCCCCCCCCCCCCC(CCCCCCCCCCC)OS(=O)(=O)O. The van der Waals surface area contributed by atoms with Crippen LogP contribution in [0.15, 0.2) is 0 Å². The smallest absolute Gasteiger partial charge is 0.264 e. The van der Waals surface area contributed by atoms with Crippen molar-refractivity contribution in [3.05, 3.63) is 0 Å². The van der Waals surface area contributed by atoms with E-state index >= 15 is 0 Å². The standard InChI is InChI=1S/C30H62O4S/c1-3-5-7-9-11-13-14-15-16-17-18-19-21-23-25-27-29-30(34-35(31,32)33)28-26-24-22-20-12-10-8-6-4-2/h30H,3-29H2,1-2H3,(H,31,32,33). The fraction of sp³-hybridized carbons (Fsp3) is 1.00. The van der Waals surface area contributed by atoms with Crippen LogP contribution in [0.25, 0.3) is 0 Å². The number of hydrogen-bond donors (Lipinski definition) is 1. The lowest BCUT2D eigenvalue weighted by Gasteiger charge is -2.15. The largest absolute Gasteiger partial charge is 0.397 e. The zero-order valence-corrected chi connectivity index (χ0v) is 24.6. The van der Waals surface area contributed by atoms with Gasteiger partial charge in [-0.25, -0.2) is 4.18 Å². The Morgan fingerprint density at radius 3 is 0.914 bits per heavy atom. The Labute approximate surface area is 220 Å². The average Bonchev–Trinajstić information content (AvgIpc) is 2.81. The van der Waals surface area contributed by atoms with Gasteiger partial charge in [-0.1, -0.05) is 174 Å². The number of hydrogen-bond acceptors (Lipinski definition) is 3. The number of unbranched alkanes of at least 4 members (excludes halogenated alkanes) is 23. The highest BCUT2D eigenvalue weighted by molar-refractivity contribution is 7.80. The van der Waals surface area contributed by atoms with Crippen molar-refractivity contribution in [3.8, 4) is 0 Å². The van der Waals surface area contributed by atoms with Gasteiger partial charge in [-0.3, -0.25) is 4.55 Å². The van der Waals surface area contributed by atoms with Crippen LogP contribution < -0.4 is 0 Å². The predicted molar refractivity (Wildman–Crippen MR) is 152 cm³/mol. The fourth-order valence-corrected chi connectivity index (χ4v) is 5.55. The minimum atomic E-state index is -4.36. The molecule has 0 rings (SSSR count). The molecule has 0 radical (unpaired) electrons. The molecule has 1 unspecified atom stereocenters. The van der Waals surface area contributed by atoms with E-state index in [1.165, 1.54) is 135 Å². The van der Waals surface area contributed by atoms with Crippen LogP contribution in [0.1, 0.15) is 187 Å². The lowest BCUT2D eigenvalue weighted by atomic mass is 10.0. The molecule has 0 aromatic rings. The van der Waals surface area contributed by atoms with Crippen LogP contribution in [0.3, 0.4) is 0 Å². The maximum Gasteiger partial charge on any atom is 0.397 e. The summed E-state index contributed by atoms with van der Waals surface area (Å²) in [7, 11) is -4.36. The monoisotopic (exact) mass is 518 g/mol. The average molecular weight is 519 g/mol. The summed E-state index contributed by atoms with van der Waals surface area (Å²) < 4.78 is 36.5. The van der Waals surface area contributed by atoms with Crippen molar-refractivity contribution in [2.24, 2.45) is 0 Å². The van der Waals surface area contributed by atoms with Crippen LogP contribution in [0, 0.1) is 0 Å². The van der Waals surface area contributed by atoms with Crippen LogP contribution in [0.2, 0.25) is 0 Å². The highest BCUT2D eigenvalue weighted by Gasteiger charge is 2.16. The van der Waals surface area contributed by atoms with Crippen molar-refractivity contribution < 1.29 is 17.2 Å². The van der Waals surface area contributed by atoms with Crippen molar-refractivity contribution in [2.45, 2.75) is 193 Å². The Balaban J connectivity index is 3.60. The maximum absolute atomic E-state index is 11.2. The van der Waals surface area contributed by atoms with E-state index in [2.05, 4.69) is 13.8 Å². The molecule has 0 aromatic heterocycles. The Morgan fingerprint density at radius 2 is 0.686 bits per heavy atom. The van der Waals surface area contributed by atoms with Gasteiger partial charge in [0.05, 0.1) is 6.10 Å². The molecule has 0 aliphatic carbocycles. The topological polar surface area (TPSA) is 63.6 Å². The highest BCUT2D eigenvalue weighted by atomic mass is 32.3. The van der Waals surface area contributed by atoms with Crippen molar-refractivity contribution >= 4 is 10.4 Å². The molecule has 1 atom stereocenters. The molecule has 0 amide bonds. The van der Waals surface area contributed by atoms with Crippen LogP contribution in [0.4, 0.5) is 0 Å². The lowest BCUT2D eigenvalue weighted by molar-refractivity contribution is 0.157. The Hall–Kier alpha value is -0.130. The first-order chi connectivity index (χ1) is 17.0. The van der Waals surface area contributed by atoms with Crippen LogP contribution in [-0.4, -0.2) is 19.1 Å². The van der Waals surface area contributed by atoms with Gasteiger partial charge in [0, 0.05) is 0 Å². The molecule has 0 aliphatic rings. The zero-order chi connectivity index (χ0) is 25.9. The minimum absolute atomic E-state index is 0.360. The van der Waals surface area contributed by atoms with E-state index in [1.54, 1.807) is 0 Å². The van der Waals surface area contributed by atoms with E-state index < -0.39 is 10.4 Å². The van der Waals surface area contributed by atoms with Gasteiger partial charge in [0.15, 0.2) is 0 Å². The predicted octanol–water partition coefficient (Wildman–Crippen LogP) is 10.7. The summed E-state index contributed by atoms with van der Waals surface area (Å²) in [5.74, 6) is 0. The summed E-state index contributed by atoms with van der Waals surface area (Å²) in [5.41, 5.74) is 0. The summed E-state index contributed by atoms with van der Waals surface area (Å²) in [6, 6.07) is 0. The first-order valence-electron chi connectivity index (χ1n) is 15.6. The van der Waals surface area contributed by atoms with E-state index in [1.807, 2.05) is 0 Å². The zero-order valence-electron chi connectivity index (χ0n) is 23.7. The van der Waals surface area contributed by atoms with E-state index in [0.717, 1.165) is 38.5 Å². The van der Waals surface area contributed by atoms with Gasteiger partial charge in [-0.05, 0) is 12.8 Å². The first-order valence-corrected chi connectivity index (χ1v) is 17.0. The molecule has 1 N–H and O–H groups in total. The Kier molecular flexibility index (Phi) is 26.8. The lowest BCUT2D eigenvalue weighted by Crippen LogP contribution is -2.18. The second kappa shape index (κ2) is 26.9. The molecule has 0 heterocycles. The van der Waals surface area contributed by atoms with Crippen molar-refractivity contribution in [1.29, 1.82) is 0 Å². The highest BCUT2D eigenvalue weighted by Crippen LogP contribution is 2.19. The van der Waals surface area contributed by atoms with Gasteiger partial charge in [-0.2, -0.15) is 8.42 Å². The third kappa shape index (κ3) is 30.0. The second-order valence-corrected chi connectivity index (χ2v) is 11.9. The fourth-order valence-electron chi connectivity index (χ4n) is 5.02. The van der Waals surface area contributed by atoms with Gasteiger partial charge >= 0.3 is 10.4 Å². The third-order valence-corrected chi connectivity index (χ3v) is 7.78. The number of rotatable bonds is 29. The molecule has 0 fully saturated rings. The van der Waals surface area contributed by atoms with Crippen LogP contribution in [0.5, 0.6) is 0 Å². The van der Waals surface area contributed by atoms with Gasteiger partial charge in [0.25, 0.3) is 0 Å². The molecular formula is C30H62O4S. The third-order valence-electron chi connectivity index (χ3n) is 7.27. The summed E-state index contributed by atoms with van der Waals surface area (Å²) in [6.45, 7) is 4.52. The molecule has 0 aliphatic heterocycles. The minimum Gasteiger partial charge on any atom is -0.264 e. The molecule has 35 heavy (non-hydrogen) atoms. The van der Waals surface area contributed by atoms with Crippen LogP contribution >= 0.6 is 0 Å². The van der Waals surface area contributed by atoms with Gasteiger partial charge in [0.1, 0.15) is 0 Å². The van der Waals surface area contributed by atoms with E-state index in [0.29, 0.717) is 0 Å². The molecule has 0 spiro atoms. The van der Waals surface area contributed by atoms with Crippen LogP contribution in [-0.2, 0) is 14.6 Å². The van der Waals surface area contributed by atoms with E-state index in [4.69, 9.17) is 8.74 Å². The van der Waals surface area contributed by atoms with E-state index in [9.17, 15) is 8.42 Å². The van der Waals surface area contributed by atoms with Gasteiger partial charge < -0.3 is 0 Å². The summed E-state index contributed by atoms with van der Waals surface area (Å²) in [6.07, 6.45) is 33.6. The van der Waals surface area contributed by atoms with Crippen molar-refractivity contribution in [1.82, 2.24) is 0 Å². The Morgan fingerprint density at radius 1 is 0.457 bits per heavy atom. The van der Waals surface area contributed by atoms with E-state index in [-0.39, 0.29) is 6.10 Å². The Bertz CT molecular complexity index is 506. The molecule has 0 saturated heterocycles. The molecule has 4 nitrogen and oxygen atoms in total. The maximum atomic E-state index is 11.2.